The number of piperazine rings is 1. The van der Waals surface area contributed by atoms with Crippen LogP contribution in [0.1, 0.15) is 29.8 Å². The van der Waals surface area contributed by atoms with Gasteiger partial charge in [-0.15, -0.1) is 13.2 Å². The van der Waals surface area contributed by atoms with E-state index < -0.39 is 39.1 Å². The van der Waals surface area contributed by atoms with Crippen LogP contribution in [0.4, 0.5) is 18.9 Å². The number of hydrogen-bond acceptors (Lipinski definition) is 6. The van der Waals surface area contributed by atoms with Crippen LogP contribution in [0.25, 0.3) is 10.9 Å². The number of halogens is 3. The zero-order valence-electron chi connectivity index (χ0n) is 23.8. The summed E-state index contributed by atoms with van der Waals surface area (Å²) >= 11 is 0. The Kier molecular flexibility index (Phi) is 8.25. The third-order valence-electron chi connectivity index (χ3n) is 7.47. The van der Waals surface area contributed by atoms with E-state index in [1.165, 1.54) is 29.3 Å². The molecule has 2 heterocycles. The molecule has 1 aromatic heterocycles. The first-order valence-corrected chi connectivity index (χ1v) is 15.2. The smallest absolute Gasteiger partial charge is 0.404 e. The first-order chi connectivity index (χ1) is 20.8. The lowest BCUT2D eigenvalue weighted by Crippen LogP contribution is -2.54. The Balaban J connectivity index is 1.34. The molecule has 2 amide bonds. The zero-order chi connectivity index (χ0) is 31.7. The van der Waals surface area contributed by atoms with E-state index in [9.17, 15) is 31.2 Å². The van der Waals surface area contributed by atoms with E-state index in [-0.39, 0.29) is 48.1 Å². The van der Waals surface area contributed by atoms with Crippen molar-refractivity contribution in [3.05, 3.63) is 96.2 Å². The summed E-state index contributed by atoms with van der Waals surface area (Å²) in [4.78, 5) is 33.6. The Morgan fingerprint density at radius 3 is 2.20 bits per heavy atom. The first-order valence-electron chi connectivity index (χ1n) is 13.7. The molecule has 44 heavy (non-hydrogen) atoms. The molecule has 1 N–H and O–H groups in total. The molecule has 5 rings (SSSR count). The number of pyridine rings is 1. The van der Waals surface area contributed by atoms with Crippen LogP contribution < -0.4 is 9.46 Å². The predicted octanol–water partition coefficient (Wildman–Crippen LogP) is 5.20. The highest BCUT2D eigenvalue weighted by atomic mass is 32.2. The van der Waals surface area contributed by atoms with Gasteiger partial charge >= 0.3 is 6.36 Å². The van der Waals surface area contributed by atoms with Gasteiger partial charge < -0.3 is 14.5 Å². The van der Waals surface area contributed by atoms with Crippen LogP contribution in [0.5, 0.6) is 5.75 Å². The standard InChI is InChI=1S/C31H29F3N4O5S/c1-30(2,23-10-4-3-5-11-23)29(40)38-18-16-37(17-19-38)28(39)22-13-14-24(25(20-22)43-31(32,33)34)36-44(41,42)26-12-6-8-21-9-7-15-35-27(21)26/h3-15,20,36H,16-19H2,1-2H3. The van der Waals surface area contributed by atoms with E-state index in [2.05, 4.69) is 14.4 Å². The molecule has 1 aliphatic rings. The number of nitrogens with one attached hydrogen (secondary N) is 1. The van der Waals surface area contributed by atoms with Gasteiger partial charge in [0.05, 0.1) is 16.6 Å². The number of rotatable bonds is 7. The highest BCUT2D eigenvalue weighted by Gasteiger charge is 2.37. The molecule has 0 radical (unpaired) electrons. The average molecular weight is 627 g/mol. The van der Waals surface area contributed by atoms with Gasteiger partial charge in [-0.3, -0.25) is 19.3 Å². The number of sulfonamides is 1. The Labute approximate surface area is 252 Å². The number of hydrogen-bond donors (Lipinski definition) is 1. The molecule has 0 unspecified atom stereocenters. The van der Waals surface area contributed by atoms with Crippen molar-refractivity contribution in [3.8, 4) is 5.75 Å². The number of carbonyl (C=O) groups excluding carboxylic acids is 2. The Morgan fingerprint density at radius 1 is 0.864 bits per heavy atom. The molecule has 0 saturated carbocycles. The minimum absolute atomic E-state index is 0.102. The zero-order valence-corrected chi connectivity index (χ0v) is 24.7. The minimum Gasteiger partial charge on any atom is -0.404 e. The Morgan fingerprint density at radius 2 is 1.52 bits per heavy atom. The van der Waals surface area contributed by atoms with E-state index in [0.717, 1.165) is 17.7 Å². The lowest BCUT2D eigenvalue weighted by atomic mass is 9.83. The molecule has 0 spiro atoms. The van der Waals surface area contributed by atoms with Gasteiger partial charge in [-0.2, -0.15) is 0 Å². The summed E-state index contributed by atoms with van der Waals surface area (Å²) in [6.45, 7) is 4.46. The number of alkyl halides is 3. The second kappa shape index (κ2) is 11.8. The highest BCUT2D eigenvalue weighted by Crippen LogP contribution is 2.34. The second-order valence-electron chi connectivity index (χ2n) is 10.8. The van der Waals surface area contributed by atoms with E-state index in [1.54, 1.807) is 23.1 Å². The van der Waals surface area contributed by atoms with Gasteiger partial charge in [-0.05, 0) is 49.7 Å². The fourth-order valence-corrected chi connectivity index (χ4v) is 6.36. The second-order valence-corrected chi connectivity index (χ2v) is 12.4. The van der Waals surface area contributed by atoms with Crippen molar-refractivity contribution in [3.63, 3.8) is 0 Å². The molecule has 230 valence electrons. The maximum atomic E-state index is 13.4. The van der Waals surface area contributed by atoms with Crippen molar-refractivity contribution in [2.75, 3.05) is 30.9 Å². The molecule has 13 heteroatoms. The maximum Gasteiger partial charge on any atom is 0.573 e. The van der Waals surface area contributed by atoms with Gasteiger partial charge in [-0.25, -0.2) is 8.42 Å². The van der Waals surface area contributed by atoms with E-state index >= 15 is 0 Å². The first kappa shape index (κ1) is 30.8. The third-order valence-corrected chi connectivity index (χ3v) is 8.87. The van der Waals surface area contributed by atoms with E-state index in [0.29, 0.717) is 5.39 Å². The van der Waals surface area contributed by atoms with Gasteiger partial charge in [0.15, 0.2) is 5.75 Å². The number of amides is 2. The van der Waals surface area contributed by atoms with Crippen LogP contribution in [-0.4, -0.2) is 67.6 Å². The molecule has 0 aliphatic carbocycles. The van der Waals surface area contributed by atoms with Gasteiger partial charge in [0.2, 0.25) is 5.91 Å². The predicted molar refractivity (Wildman–Crippen MR) is 158 cm³/mol. The van der Waals surface area contributed by atoms with Gasteiger partial charge in [0.25, 0.3) is 15.9 Å². The minimum atomic E-state index is -5.17. The summed E-state index contributed by atoms with van der Waals surface area (Å²) in [7, 11) is -4.41. The van der Waals surface area contributed by atoms with Crippen molar-refractivity contribution in [1.29, 1.82) is 0 Å². The monoisotopic (exact) mass is 626 g/mol. The lowest BCUT2D eigenvalue weighted by Gasteiger charge is -2.38. The summed E-state index contributed by atoms with van der Waals surface area (Å²) in [5, 5.41) is 0.522. The van der Waals surface area contributed by atoms with Crippen molar-refractivity contribution < 1.29 is 35.9 Å². The quantitative estimate of drug-likeness (QED) is 0.302. The van der Waals surface area contributed by atoms with Crippen LogP contribution >= 0.6 is 0 Å². The van der Waals surface area contributed by atoms with Gasteiger partial charge in [-0.1, -0.05) is 48.5 Å². The highest BCUT2D eigenvalue weighted by molar-refractivity contribution is 7.93. The summed E-state index contributed by atoms with van der Waals surface area (Å²) in [5.41, 5.74) is -0.443. The number of ether oxygens (including phenoxy) is 1. The fourth-order valence-electron chi connectivity index (χ4n) is 5.11. The van der Waals surface area contributed by atoms with Crippen molar-refractivity contribution >= 4 is 38.4 Å². The molecule has 0 atom stereocenters. The number of fused-ring (bicyclic) bond motifs is 1. The molecule has 1 fully saturated rings. The Bertz CT molecular complexity index is 1800. The van der Waals surface area contributed by atoms with Crippen LogP contribution in [-0.2, 0) is 20.2 Å². The third kappa shape index (κ3) is 6.47. The molecule has 9 nitrogen and oxygen atoms in total. The van der Waals surface area contributed by atoms with Crippen LogP contribution in [0.3, 0.4) is 0 Å². The van der Waals surface area contributed by atoms with E-state index in [1.807, 2.05) is 44.2 Å². The number of para-hydroxylation sites is 1. The van der Waals surface area contributed by atoms with E-state index in [4.69, 9.17) is 0 Å². The van der Waals surface area contributed by atoms with Crippen LogP contribution in [0.2, 0.25) is 0 Å². The largest absolute Gasteiger partial charge is 0.573 e. The van der Waals surface area contributed by atoms with Gasteiger partial charge in [0.1, 0.15) is 4.90 Å². The van der Waals surface area contributed by atoms with Crippen molar-refractivity contribution in [1.82, 2.24) is 14.8 Å². The average Bonchev–Trinajstić information content (AvgIpc) is 3.00. The topological polar surface area (TPSA) is 109 Å². The van der Waals surface area contributed by atoms with Crippen molar-refractivity contribution in [2.24, 2.45) is 0 Å². The molecule has 1 aliphatic heterocycles. The molecule has 1 saturated heterocycles. The Hall–Kier alpha value is -4.65. The summed E-state index contributed by atoms with van der Waals surface area (Å²) in [6, 6.07) is 20.2. The number of anilines is 1. The van der Waals surface area contributed by atoms with Gasteiger partial charge in [0, 0.05) is 43.3 Å². The number of nitrogens with zero attached hydrogens (tertiary/aromatic N) is 3. The molecule has 4 aromatic rings. The lowest BCUT2D eigenvalue weighted by molar-refractivity contribution is -0.274. The number of benzene rings is 3. The normalized spacial score (nSPS) is 14.4. The SMILES string of the molecule is CC(C)(C(=O)N1CCN(C(=O)c2ccc(NS(=O)(=O)c3cccc4cccnc34)c(OC(F)(F)F)c2)CC1)c1ccccc1. The molecular weight excluding hydrogens is 597 g/mol. The molecular formula is C31H29F3N4O5S. The van der Waals surface area contributed by atoms with Crippen LogP contribution in [0, 0.1) is 0 Å². The number of carbonyl (C=O) groups is 2. The van der Waals surface area contributed by atoms with Crippen LogP contribution in [0.15, 0.2) is 90.0 Å². The fraction of sp³-hybridized carbons (Fsp3) is 0.258. The maximum absolute atomic E-state index is 13.4. The molecule has 3 aromatic carbocycles. The summed E-state index contributed by atoms with van der Waals surface area (Å²) < 4.78 is 72.9. The van der Waals surface area contributed by atoms with Crippen molar-refractivity contribution in [2.45, 2.75) is 30.5 Å². The summed E-state index contributed by atoms with van der Waals surface area (Å²) in [5.74, 6) is -1.58. The molecule has 0 bridgehead atoms. The number of aromatic nitrogens is 1. The summed E-state index contributed by atoms with van der Waals surface area (Å²) in [6.07, 6.45) is -3.76.